The van der Waals surface area contributed by atoms with Crippen molar-refractivity contribution < 1.29 is 9.84 Å². The van der Waals surface area contributed by atoms with Crippen LogP contribution < -0.4 is 11.2 Å². The van der Waals surface area contributed by atoms with Crippen LogP contribution >= 0.6 is 0 Å². The molecule has 1 saturated heterocycles. The molecule has 8 nitrogen and oxygen atoms in total. The Kier molecular flexibility index (Phi) is 4.36. The molecule has 2 heterocycles. The van der Waals surface area contributed by atoms with Gasteiger partial charge in [-0.15, -0.1) is 6.58 Å². The SMILES string of the molecule is C=CCn1c(O)c(C=NN2CCOCC2)c(=O)[nH]c1=O. The van der Waals surface area contributed by atoms with E-state index in [1.54, 1.807) is 5.01 Å². The Morgan fingerprint density at radius 2 is 2.10 bits per heavy atom. The summed E-state index contributed by atoms with van der Waals surface area (Å²) in [6.45, 7) is 5.94. The monoisotopic (exact) mass is 280 g/mol. The Balaban J connectivity index is 2.33. The zero-order chi connectivity index (χ0) is 14.5. The summed E-state index contributed by atoms with van der Waals surface area (Å²) in [4.78, 5) is 25.4. The van der Waals surface area contributed by atoms with Crippen LogP contribution in [0.3, 0.4) is 0 Å². The minimum absolute atomic E-state index is 0.0575. The van der Waals surface area contributed by atoms with Crippen molar-refractivity contribution >= 4 is 6.21 Å². The van der Waals surface area contributed by atoms with E-state index in [1.165, 1.54) is 12.3 Å². The Morgan fingerprint density at radius 1 is 1.40 bits per heavy atom. The van der Waals surface area contributed by atoms with Crippen LogP contribution in [0.2, 0.25) is 0 Å². The fourth-order valence-electron chi connectivity index (χ4n) is 1.80. The van der Waals surface area contributed by atoms with Crippen molar-refractivity contribution in [1.82, 2.24) is 14.6 Å². The predicted molar refractivity (Wildman–Crippen MR) is 73.2 cm³/mol. The van der Waals surface area contributed by atoms with Crippen molar-refractivity contribution in [2.75, 3.05) is 26.3 Å². The van der Waals surface area contributed by atoms with Gasteiger partial charge in [0.25, 0.3) is 5.56 Å². The smallest absolute Gasteiger partial charge is 0.331 e. The molecule has 0 unspecified atom stereocenters. The molecule has 0 spiro atoms. The van der Waals surface area contributed by atoms with Crippen molar-refractivity contribution in [2.24, 2.45) is 5.10 Å². The van der Waals surface area contributed by atoms with Gasteiger partial charge in [0.05, 0.1) is 32.5 Å². The minimum Gasteiger partial charge on any atom is -0.494 e. The molecule has 108 valence electrons. The maximum atomic E-state index is 11.7. The van der Waals surface area contributed by atoms with E-state index in [0.29, 0.717) is 26.3 Å². The molecule has 8 heteroatoms. The Bertz CT molecular complexity index is 625. The number of hydrogen-bond acceptors (Lipinski definition) is 6. The highest BCUT2D eigenvalue weighted by molar-refractivity contribution is 5.81. The van der Waals surface area contributed by atoms with Crippen molar-refractivity contribution in [3.8, 4) is 5.88 Å². The van der Waals surface area contributed by atoms with Gasteiger partial charge in [0.15, 0.2) is 0 Å². The topological polar surface area (TPSA) is 99.9 Å². The largest absolute Gasteiger partial charge is 0.494 e. The number of ether oxygens (including phenoxy) is 1. The van der Waals surface area contributed by atoms with Gasteiger partial charge < -0.3 is 9.84 Å². The lowest BCUT2D eigenvalue weighted by Crippen LogP contribution is -2.34. The normalized spacial score (nSPS) is 15.7. The average molecular weight is 280 g/mol. The van der Waals surface area contributed by atoms with Crippen LogP contribution in [0.1, 0.15) is 5.56 Å². The third kappa shape index (κ3) is 2.97. The lowest BCUT2D eigenvalue weighted by molar-refractivity contribution is 0.0396. The number of aromatic nitrogens is 2. The number of morpholine rings is 1. The molecule has 0 atom stereocenters. The molecular weight excluding hydrogens is 264 g/mol. The highest BCUT2D eigenvalue weighted by atomic mass is 16.5. The average Bonchev–Trinajstić information content (AvgIpc) is 2.44. The van der Waals surface area contributed by atoms with E-state index < -0.39 is 17.1 Å². The number of aromatic hydroxyl groups is 1. The van der Waals surface area contributed by atoms with Crippen molar-refractivity contribution in [3.05, 3.63) is 39.1 Å². The summed E-state index contributed by atoms with van der Waals surface area (Å²) in [5.74, 6) is -0.421. The molecule has 0 aliphatic carbocycles. The van der Waals surface area contributed by atoms with E-state index in [2.05, 4.69) is 16.7 Å². The van der Waals surface area contributed by atoms with E-state index >= 15 is 0 Å². The van der Waals surface area contributed by atoms with Crippen LogP contribution in [-0.2, 0) is 11.3 Å². The van der Waals surface area contributed by atoms with E-state index in [9.17, 15) is 14.7 Å². The number of H-pyrrole nitrogens is 1. The molecule has 1 aromatic rings. The van der Waals surface area contributed by atoms with Crippen LogP contribution in [0.4, 0.5) is 0 Å². The number of allylic oxidation sites excluding steroid dienone is 1. The van der Waals surface area contributed by atoms with Crippen LogP contribution in [0.5, 0.6) is 5.88 Å². The molecule has 1 aromatic heterocycles. The number of aromatic amines is 1. The molecule has 1 aliphatic heterocycles. The Hall–Kier alpha value is -2.35. The fraction of sp³-hybridized carbons (Fsp3) is 0.417. The van der Waals surface area contributed by atoms with Gasteiger partial charge in [0, 0.05) is 6.54 Å². The maximum Gasteiger partial charge on any atom is 0.331 e. The second kappa shape index (κ2) is 6.20. The fourth-order valence-corrected chi connectivity index (χ4v) is 1.80. The quantitative estimate of drug-likeness (QED) is 0.549. The number of nitrogens with one attached hydrogen (secondary N) is 1. The molecule has 0 aromatic carbocycles. The number of nitrogens with zero attached hydrogens (tertiary/aromatic N) is 3. The first kappa shape index (κ1) is 14.1. The molecule has 1 aliphatic rings. The summed E-state index contributed by atoms with van der Waals surface area (Å²) in [7, 11) is 0. The molecule has 0 saturated carbocycles. The summed E-state index contributed by atoms with van der Waals surface area (Å²) in [6, 6.07) is 0. The van der Waals surface area contributed by atoms with Crippen molar-refractivity contribution in [1.29, 1.82) is 0 Å². The second-order valence-corrected chi connectivity index (χ2v) is 4.21. The highest BCUT2D eigenvalue weighted by Gasteiger charge is 2.13. The molecular formula is C12H16N4O4. The summed E-state index contributed by atoms with van der Waals surface area (Å²) in [5, 5.41) is 15.8. The third-order valence-electron chi connectivity index (χ3n) is 2.86. The van der Waals surface area contributed by atoms with E-state index in [1.807, 2.05) is 0 Å². The van der Waals surface area contributed by atoms with E-state index in [0.717, 1.165) is 4.57 Å². The summed E-state index contributed by atoms with van der Waals surface area (Å²) in [5.41, 5.74) is -1.42. The van der Waals surface area contributed by atoms with Gasteiger partial charge in [-0.1, -0.05) is 6.08 Å². The first-order valence-corrected chi connectivity index (χ1v) is 6.17. The standard InChI is InChI=1S/C12H16N4O4/c1-2-3-16-11(18)9(10(17)14-12(16)19)8-13-15-4-6-20-7-5-15/h2,8,18H,1,3-7H2,(H,14,17,19). The van der Waals surface area contributed by atoms with Crippen LogP contribution in [0.25, 0.3) is 0 Å². The zero-order valence-corrected chi connectivity index (χ0v) is 10.9. The van der Waals surface area contributed by atoms with Crippen LogP contribution in [-0.4, -0.2) is 52.2 Å². The first-order chi connectivity index (χ1) is 9.63. The maximum absolute atomic E-state index is 11.7. The van der Waals surface area contributed by atoms with Gasteiger partial charge in [-0.2, -0.15) is 5.10 Å². The molecule has 2 rings (SSSR count). The van der Waals surface area contributed by atoms with E-state index in [4.69, 9.17) is 4.74 Å². The van der Waals surface area contributed by atoms with Gasteiger partial charge in [0.1, 0.15) is 5.56 Å². The van der Waals surface area contributed by atoms with Gasteiger partial charge in [-0.25, -0.2) is 4.79 Å². The van der Waals surface area contributed by atoms with Gasteiger partial charge in [-0.3, -0.25) is 19.4 Å². The van der Waals surface area contributed by atoms with Crippen LogP contribution in [0.15, 0.2) is 27.3 Å². The van der Waals surface area contributed by atoms with Crippen molar-refractivity contribution in [3.63, 3.8) is 0 Å². The lowest BCUT2D eigenvalue weighted by atomic mass is 10.3. The molecule has 2 N–H and O–H groups in total. The van der Waals surface area contributed by atoms with Gasteiger partial charge in [-0.05, 0) is 0 Å². The number of hydrazone groups is 1. The Labute approximate surface area is 114 Å². The molecule has 0 bridgehead atoms. The Morgan fingerprint density at radius 3 is 2.75 bits per heavy atom. The first-order valence-electron chi connectivity index (χ1n) is 6.17. The summed E-state index contributed by atoms with van der Waals surface area (Å²) >= 11 is 0. The van der Waals surface area contributed by atoms with E-state index in [-0.39, 0.29) is 12.1 Å². The van der Waals surface area contributed by atoms with Gasteiger partial charge in [0.2, 0.25) is 5.88 Å². The van der Waals surface area contributed by atoms with Crippen molar-refractivity contribution in [2.45, 2.75) is 6.54 Å². The number of hydrogen-bond donors (Lipinski definition) is 2. The molecule has 0 amide bonds. The lowest BCUT2D eigenvalue weighted by Gasteiger charge is -2.23. The number of rotatable bonds is 4. The summed E-state index contributed by atoms with van der Waals surface area (Å²) in [6.07, 6.45) is 2.70. The van der Waals surface area contributed by atoms with Crippen LogP contribution in [0, 0.1) is 0 Å². The second-order valence-electron chi connectivity index (χ2n) is 4.21. The minimum atomic E-state index is -0.684. The molecule has 1 fully saturated rings. The molecule has 0 radical (unpaired) electrons. The summed E-state index contributed by atoms with van der Waals surface area (Å²) < 4.78 is 6.19. The third-order valence-corrected chi connectivity index (χ3v) is 2.86. The predicted octanol–water partition coefficient (Wildman–Crippen LogP) is -0.906. The van der Waals surface area contributed by atoms with Gasteiger partial charge >= 0.3 is 5.69 Å². The zero-order valence-electron chi connectivity index (χ0n) is 10.9. The highest BCUT2D eigenvalue weighted by Crippen LogP contribution is 2.08. The molecule has 20 heavy (non-hydrogen) atoms.